The number of hydrogen-bond acceptors (Lipinski definition) is 9. The zero-order valence-corrected chi connectivity index (χ0v) is 28.7. The molecule has 1 aliphatic rings. The highest BCUT2D eigenvalue weighted by atomic mass is 16.6. The van der Waals surface area contributed by atoms with Crippen molar-refractivity contribution in [3.63, 3.8) is 0 Å². The first kappa shape index (κ1) is 35.8. The fourth-order valence-electron chi connectivity index (χ4n) is 5.50. The first-order chi connectivity index (χ1) is 22.8. The molecule has 0 saturated heterocycles. The minimum Gasteiger partial charge on any atom is -0.478 e. The molecule has 0 saturated carbocycles. The number of carbonyl (C=O) groups excluding carboxylic acids is 4. The molecule has 0 aliphatic carbocycles. The summed E-state index contributed by atoms with van der Waals surface area (Å²) in [6, 6.07) is 15.6. The van der Waals surface area contributed by atoms with E-state index in [-0.39, 0.29) is 43.4 Å². The Morgan fingerprint density at radius 1 is 1.02 bits per heavy atom. The maximum Gasteiger partial charge on any atom is 0.414 e. The second-order valence-electron chi connectivity index (χ2n) is 12.8. The fraction of sp³-hybridized carbons (Fsp3) is 0.444. The van der Waals surface area contributed by atoms with Gasteiger partial charge < -0.3 is 24.0 Å². The highest BCUT2D eigenvalue weighted by Gasteiger charge is 2.38. The van der Waals surface area contributed by atoms with Gasteiger partial charge in [-0.05, 0) is 84.6 Å². The van der Waals surface area contributed by atoms with Gasteiger partial charge in [0, 0.05) is 17.8 Å². The molecule has 0 spiro atoms. The number of nitrogens with one attached hydrogen (secondary N) is 1. The lowest BCUT2D eigenvalue weighted by atomic mass is 9.99. The largest absolute Gasteiger partial charge is 0.478 e. The Balaban J connectivity index is 1.53. The molecule has 0 fully saturated rings. The molecule has 12 nitrogen and oxygen atoms in total. The average molecular weight is 660 g/mol. The highest BCUT2D eigenvalue weighted by molar-refractivity contribution is 6.10. The summed E-state index contributed by atoms with van der Waals surface area (Å²) in [6.07, 6.45) is 0.428. The number of fused-ring (bicyclic) bond motifs is 1. The Bertz CT molecular complexity index is 1620. The smallest absolute Gasteiger partial charge is 0.414 e. The molecule has 1 atom stereocenters. The molecule has 2 aromatic carbocycles. The molecule has 0 bridgehead atoms. The van der Waals surface area contributed by atoms with E-state index in [1.165, 1.54) is 4.90 Å². The van der Waals surface area contributed by atoms with Gasteiger partial charge in [-0.25, -0.2) is 9.78 Å². The van der Waals surface area contributed by atoms with Crippen LogP contribution in [0.5, 0.6) is 5.88 Å². The van der Waals surface area contributed by atoms with Gasteiger partial charge in [0.25, 0.3) is 5.91 Å². The monoisotopic (exact) mass is 659 g/mol. The van der Waals surface area contributed by atoms with Crippen LogP contribution in [0, 0.1) is 6.92 Å². The van der Waals surface area contributed by atoms with E-state index in [0.29, 0.717) is 42.3 Å². The van der Waals surface area contributed by atoms with Crippen molar-refractivity contribution < 1.29 is 33.4 Å². The molecule has 1 aromatic heterocycles. The fourth-order valence-corrected chi connectivity index (χ4v) is 5.50. The van der Waals surface area contributed by atoms with Crippen molar-refractivity contribution in [2.75, 3.05) is 30.0 Å². The quantitative estimate of drug-likeness (QED) is 0.182. The minimum atomic E-state index is -0.690. The van der Waals surface area contributed by atoms with Gasteiger partial charge in [0.1, 0.15) is 12.1 Å². The van der Waals surface area contributed by atoms with Crippen molar-refractivity contribution in [2.24, 2.45) is 0 Å². The van der Waals surface area contributed by atoms with Crippen LogP contribution in [-0.2, 0) is 25.5 Å². The van der Waals surface area contributed by atoms with E-state index < -0.39 is 23.7 Å². The van der Waals surface area contributed by atoms with Gasteiger partial charge in [-0.15, -0.1) is 0 Å². The summed E-state index contributed by atoms with van der Waals surface area (Å²) in [7, 11) is 0. The number of rotatable bonds is 12. The van der Waals surface area contributed by atoms with Crippen molar-refractivity contribution in [1.82, 2.24) is 14.9 Å². The van der Waals surface area contributed by atoms with Crippen molar-refractivity contribution in [2.45, 2.75) is 85.4 Å². The number of esters is 1. The van der Waals surface area contributed by atoms with Crippen molar-refractivity contribution in [1.29, 1.82) is 0 Å². The molecule has 4 rings (SSSR count). The highest BCUT2D eigenvalue weighted by Crippen LogP contribution is 2.34. The normalized spacial score (nSPS) is 13.9. The van der Waals surface area contributed by atoms with E-state index in [4.69, 9.17) is 14.2 Å². The van der Waals surface area contributed by atoms with Gasteiger partial charge in [-0.1, -0.05) is 36.4 Å². The molecule has 48 heavy (non-hydrogen) atoms. The molecular weight excluding hydrogens is 614 g/mol. The van der Waals surface area contributed by atoms with Gasteiger partial charge in [-0.2, -0.15) is 4.98 Å². The van der Waals surface area contributed by atoms with Crippen LogP contribution in [0.3, 0.4) is 0 Å². The number of ether oxygens (including phenoxy) is 3. The van der Waals surface area contributed by atoms with Crippen LogP contribution in [0.2, 0.25) is 0 Å². The van der Waals surface area contributed by atoms with Gasteiger partial charge in [0.2, 0.25) is 17.7 Å². The van der Waals surface area contributed by atoms with E-state index in [1.807, 2.05) is 62.4 Å². The summed E-state index contributed by atoms with van der Waals surface area (Å²) in [5.41, 5.74) is 2.50. The Labute approximate surface area is 281 Å². The van der Waals surface area contributed by atoms with Crippen LogP contribution < -0.4 is 15.0 Å². The van der Waals surface area contributed by atoms with Crippen molar-refractivity contribution in [3.8, 4) is 5.88 Å². The van der Waals surface area contributed by atoms with E-state index in [1.54, 1.807) is 45.6 Å². The summed E-state index contributed by atoms with van der Waals surface area (Å²) < 4.78 is 16.4. The predicted molar refractivity (Wildman–Crippen MR) is 181 cm³/mol. The zero-order valence-electron chi connectivity index (χ0n) is 28.7. The lowest BCUT2D eigenvalue weighted by Gasteiger charge is -2.31. The molecule has 2 heterocycles. The maximum absolute atomic E-state index is 14.3. The second-order valence-corrected chi connectivity index (χ2v) is 12.8. The first-order valence-corrected chi connectivity index (χ1v) is 16.2. The van der Waals surface area contributed by atoms with Crippen molar-refractivity contribution in [3.05, 3.63) is 77.0 Å². The lowest BCUT2D eigenvalue weighted by molar-refractivity contribution is -0.144. The maximum atomic E-state index is 14.3. The molecule has 1 N–H and O–H groups in total. The third-order valence-electron chi connectivity index (χ3n) is 7.43. The third kappa shape index (κ3) is 9.52. The number of carbonyl (C=O) groups is 4. The first-order valence-electron chi connectivity index (χ1n) is 16.2. The number of nitrogens with zero attached hydrogens (tertiary/aromatic N) is 4. The SMILES string of the molecule is CCOC(=O)CC(c1ccccc1)N1CC(=O)N(C(C)C)c2ccc(CCCOc3cc(C)nc(NC(=O)OC(C)(C)C)n3)cc2C1=O. The molecule has 3 amide bonds. The minimum absolute atomic E-state index is 0.0779. The van der Waals surface area contributed by atoms with Gasteiger partial charge in [0.05, 0.1) is 36.9 Å². The molecule has 0 radical (unpaired) electrons. The van der Waals surface area contributed by atoms with E-state index in [0.717, 1.165) is 11.1 Å². The summed E-state index contributed by atoms with van der Waals surface area (Å²) in [5, 5.41) is 2.53. The Kier molecular flexibility index (Phi) is 11.7. The average Bonchev–Trinajstić information content (AvgIpc) is 3.10. The van der Waals surface area contributed by atoms with E-state index >= 15 is 0 Å². The zero-order chi connectivity index (χ0) is 35.0. The van der Waals surface area contributed by atoms with Gasteiger partial charge in [0.15, 0.2) is 0 Å². The van der Waals surface area contributed by atoms with Crippen LogP contribution in [0.1, 0.15) is 87.6 Å². The number of aryl methyl sites for hydroxylation is 2. The molecule has 256 valence electrons. The third-order valence-corrected chi connectivity index (χ3v) is 7.43. The van der Waals surface area contributed by atoms with Gasteiger partial charge >= 0.3 is 12.1 Å². The van der Waals surface area contributed by atoms with Crippen molar-refractivity contribution >= 4 is 35.5 Å². The molecule has 12 heteroatoms. The Hall–Kier alpha value is -5.00. The van der Waals surface area contributed by atoms with Crippen LogP contribution in [0.4, 0.5) is 16.4 Å². The number of aromatic nitrogens is 2. The number of benzene rings is 2. The predicted octanol–water partition coefficient (Wildman–Crippen LogP) is 6.04. The molecule has 1 aliphatic heterocycles. The number of amides is 3. The molecule has 1 unspecified atom stereocenters. The Morgan fingerprint density at radius 2 is 1.75 bits per heavy atom. The van der Waals surface area contributed by atoms with Gasteiger partial charge in [-0.3, -0.25) is 19.7 Å². The van der Waals surface area contributed by atoms with E-state index in [9.17, 15) is 19.2 Å². The van der Waals surface area contributed by atoms with E-state index in [2.05, 4.69) is 15.3 Å². The van der Waals surface area contributed by atoms with Crippen LogP contribution in [0.25, 0.3) is 0 Å². The Morgan fingerprint density at radius 3 is 2.42 bits per heavy atom. The molecular formula is C36H45N5O7. The van der Waals surface area contributed by atoms with Crippen LogP contribution in [0.15, 0.2) is 54.6 Å². The lowest BCUT2D eigenvalue weighted by Crippen LogP contribution is -2.44. The number of hydrogen-bond donors (Lipinski definition) is 1. The standard InChI is InChI=1S/C36H45N5O7/c1-8-46-32(43)21-29(26-14-10-9-11-15-26)40-22-31(42)41(23(2)3)28-17-16-25(20-27(28)33(40)44)13-12-18-47-30-19-24(4)37-34(38-30)39-35(45)48-36(5,6)7/h9-11,14-17,19-20,23,29H,8,12-13,18,21-22H2,1-7H3,(H,37,38,39,45). The summed E-state index contributed by atoms with van der Waals surface area (Å²) in [5.74, 6) is -0.630. The molecule has 3 aromatic rings. The topological polar surface area (TPSA) is 140 Å². The summed E-state index contributed by atoms with van der Waals surface area (Å²) in [6.45, 7) is 13.0. The summed E-state index contributed by atoms with van der Waals surface area (Å²) in [4.78, 5) is 64.5. The number of anilines is 2. The summed E-state index contributed by atoms with van der Waals surface area (Å²) >= 11 is 0. The van der Waals surface area contributed by atoms with Crippen LogP contribution in [-0.4, -0.2) is 70.1 Å². The second kappa shape index (κ2) is 15.7. The van der Waals surface area contributed by atoms with Crippen LogP contribution >= 0.6 is 0 Å².